The number of fused-ring (bicyclic) bond motifs is 1. The number of nitrogens with zero attached hydrogens (tertiary/aromatic N) is 3. The van der Waals surface area contributed by atoms with Gasteiger partial charge in [-0.05, 0) is 65.6 Å². The van der Waals surface area contributed by atoms with Gasteiger partial charge in [0.2, 0.25) is 0 Å². The third kappa shape index (κ3) is 7.00. The number of rotatable bonds is 10. The second-order valence-electron chi connectivity index (χ2n) is 9.52. The maximum Gasteiger partial charge on any atom is 0.361 e. The number of non-ortho nitro benzene ring substituents is 1. The second-order valence-corrected chi connectivity index (χ2v) is 12.8. The highest BCUT2D eigenvalue weighted by Gasteiger charge is 2.18. The first kappa shape index (κ1) is 30.1. The van der Waals surface area contributed by atoms with Gasteiger partial charge in [-0.2, -0.15) is 18.2 Å². The first-order valence-electron chi connectivity index (χ1n) is 12.8. The number of sulfonamides is 1. The molecule has 14 nitrogen and oxygen atoms in total. The zero-order valence-electron chi connectivity index (χ0n) is 22.6. The van der Waals surface area contributed by atoms with Crippen LogP contribution in [0.1, 0.15) is 5.56 Å². The van der Waals surface area contributed by atoms with Crippen molar-refractivity contribution in [3.63, 3.8) is 0 Å². The minimum Gasteiger partial charge on any atom is -0.297 e. The summed E-state index contributed by atoms with van der Waals surface area (Å²) in [5.74, 6) is -0.394. The van der Waals surface area contributed by atoms with Crippen LogP contribution in [0.2, 0.25) is 0 Å². The number of nitro groups is 1. The lowest BCUT2D eigenvalue weighted by Crippen LogP contribution is -2.33. The Morgan fingerprint density at radius 2 is 1.57 bits per heavy atom. The van der Waals surface area contributed by atoms with Crippen LogP contribution >= 0.6 is 0 Å². The van der Waals surface area contributed by atoms with E-state index in [-0.39, 0.29) is 33.6 Å². The highest BCUT2D eigenvalue weighted by molar-refractivity contribution is 7.92. The first-order chi connectivity index (χ1) is 20.9. The number of carbonyl (C=O) groups is 1. The molecular weight excluding hydrogens is 612 g/mol. The van der Waals surface area contributed by atoms with E-state index in [1.54, 1.807) is 36.4 Å². The molecule has 4 aromatic carbocycles. The summed E-state index contributed by atoms with van der Waals surface area (Å²) in [5, 5.41) is 15.4. The monoisotopic (exact) mass is 636 g/mol. The number of nitro benzene ring substituents is 1. The standard InChI is InChI=1S/C28H24N6O8S2/c35-28(33-26-5-2-6-27(34(36)37)25(26)18-29-33)31-30-22-11-13-23(14-12-22)32-44(41,42)24-4-1-3-21(17-24)20-9-7-19(8-10-20)15-16-43(38,39)40/h1-14,17-18,30,32H,15-16H2,(H,31,35)(H,38,39,40). The lowest BCUT2D eigenvalue weighted by Gasteiger charge is -2.12. The lowest BCUT2D eigenvalue weighted by molar-refractivity contribution is -0.383. The molecule has 0 bridgehead atoms. The van der Waals surface area contributed by atoms with E-state index in [1.165, 1.54) is 60.8 Å². The predicted octanol–water partition coefficient (Wildman–Crippen LogP) is 4.43. The normalized spacial score (nSPS) is 11.7. The topological polar surface area (TPSA) is 203 Å². The fourth-order valence-corrected chi connectivity index (χ4v) is 5.92. The second kappa shape index (κ2) is 12.1. The zero-order valence-corrected chi connectivity index (χ0v) is 24.2. The highest BCUT2D eigenvalue weighted by Crippen LogP contribution is 2.26. The number of carbonyl (C=O) groups excluding carboxylic acids is 1. The van der Waals surface area contributed by atoms with Crippen LogP contribution in [0, 0.1) is 10.1 Å². The molecule has 0 radical (unpaired) electrons. The number of aromatic nitrogens is 2. The average molecular weight is 637 g/mol. The summed E-state index contributed by atoms with van der Waals surface area (Å²) >= 11 is 0. The molecule has 0 spiro atoms. The summed E-state index contributed by atoms with van der Waals surface area (Å²) in [6, 6.07) is 22.8. The van der Waals surface area contributed by atoms with Crippen molar-refractivity contribution in [2.45, 2.75) is 11.3 Å². The molecule has 44 heavy (non-hydrogen) atoms. The van der Waals surface area contributed by atoms with Crippen LogP contribution in [0.4, 0.5) is 21.9 Å². The maximum atomic E-state index is 13.1. The fraction of sp³-hybridized carbons (Fsp3) is 0.0714. The summed E-state index contributed by atoms with van der Waals surface area (Å²) in [6.07, 6.45) is 1.38. The van der Waals surface area contributed by atoms with Gasteiger partial charge in [0.05, 0.1) is 38.4 Å². The minimum atomic E-state index is -4.07. The van der Waals surface area contributed by atoms with Gasteiger partial charge in [0.25, 0.3) is 25.8 Å². The minimum absolute atomic E-state index is 0.0200. The quantitative estimate of drug-likeness (QED) is 0.0965. The Bertz CT molecular complexity index is 2080. The Morgan fingerprint density at radius 1 is 0.886 bits per heavy atom. The van der Waals surface area contributed by atoms with Crippen LogP contribution in [0.5, 0.6) is 0 Å². The first-order valence-corrected chi connectivity index (χ1v) is 15.9. The molecule has 0 saturated carbocycles. The van der Waals surface area contributed by atoms with Crippen molar-refractivity contribution in [3.05, 3.63) is 113 Å². The van der Waals surface area contributed by atoms with Crippen molar-refractivity contribution in [2.75, 3.05) is 15.9 Å². The third-order valence-corrected chi connectivity index (χ3v) is 8.61. The van der Waals surface area contributed by atoms with Crippen molar-refractivity contribution >= 4 is 54.1 Å². The smallest absolute Gasteiger partial charge is 0.297 e. The zero-order chi connectivity index (χ0) is 31.5. The van der Waals surface area contributed by atoms with Crippen LogP contribution in [0.3, 0.4) is 0 Å². The van der Waals surface area contributed by atoms with Gasteiger partial charge in [-0.3, -0.25) is 24.8 Å². The molecule has 0 atom stereocenters. The third-order valence-electron chi connectivity index (χ3n) is 6.51. The Morgan fingerprint density at radius 3 is 2.25 bits per heavy atom. The molecule has 5 aromatic rings. The number of nitrogens with one attached hydrogen (secondary N) is 3. The van der Waals surface area contributed by atoms with Gasteiger partial charge in [0.15, 0.2) is 0 Å². The molecule has 0 unspecified atom stereocenters. The van der Waals surface area contributed by atoms with Gasteiger partial charge in [-0.1, -0.05) is 42.5 Å². The van der Waals surface area contributed by atoms with Crippen molar-refractivity contribution in [1.82, 2.24) is 15.2 Å². The number of benzene rings is 4. The van der Waals surface area contributed by atoms with Crippen molar-refractivity contribution in [1.29, 1.82) is 0 Å². The van der Waals surface area contributed by atoms with Gasteiger partial charge in [-0.15, -0.1) is 0 Å². The average Bonchev–Trinajstić information content (AvgIpc) is 3.44. The molecule has 0 aliphatic carbocycles. The van der Waals surface area contributed by atoms with Crippen molar-refractivity contribution in [2.24, 2.45) is 0 Å². The number of anilines is 2. The molecule has 1 aromatic heterocycles. The number of aryl methyl sites for hydroxylation is 1. The van der Waals surface area contributed by atoms with E-state index < -0.39 is 36.8 Å². The molecule has 0 saturated heterocycles. The molecular formula is C28H24N6O8S2. The van der Waals surface area contributed by atoms with Crippen LogP contribution in [-0.2, 0) is 26.6 Å². The van der Waals surface area contributed by atoms with Gasteiger partial charge < -0.3 is 0 Å². The van der Waals surface area contributed by atoms with E-state index in [4.69, 9.17) is 4.55 Å². The fourth-order valence-electron chi connectivity index (χ4n) is 4.32. The van der Waals surface area contributed by atoms with E-state index in [1.807, 2.05) is 0 Å². The predicted molar refractivity (Wildman–Crippen MR) is 163 cm³/mol. The van der Waals surface area contributed by atoms with E-state index >= 15 is 0 Å². The molecule has 4 N–H and O–H groups in total. The summed E-state index contributed by atoms with van der Waals surface area (Å²) in [5.41, 5.74) is 7.94. The largest absolute Gasteiger partial charge is 0.361 e. The Hall–Kier alpha value is -5.32. The summed E-state index contributed by atoms with van der Waals surface area (Å²) in [6.45, 7) is 0. The van der Waals surface area contributed by atoms with Gasteiger partial charge in [-0.25, -0.2) is 18.6 Å². The summed E-state index contributed by atoms with van der Waals surface area (Å²) in [4.78, 5) is 23.3. The molecule has 1 heterocycles. The Balaban J connectivity index is 1.22. The van der Waals surface area contributed by atoms with E-state index in [2.05, 4.69) is 20.7 Å². The van der Waals surface area contributed by atoms with Gasteiger partial charge in [0.1, 0.15) is 0 Å². The number of amides is 1. The van der Waals surface area contributed by atoms with E-state index in [9.17, 15) is 31.7 Å². The molecule has 0 fully saturated rings. The number of hydrogen-bond acceptors (Lipinski definition) is 9. The van der Waals surface area contributed by atoms with Gasteiger partial charge >= 0.3 is 6.03 Å². The molecule has 0 aliphatic rings. The van der Waals surface area contributed by atoms with Gasteiger partial charge in [0, 0.05) is 11.8 Å². The van der Waals surface area contributed by atoms with Crippen LogP contribution < -0.4 is 15.6 Å². The number of hydrogen-bond donors (Lipinski definition) is 4. The molecule has 5 rings (SSSR count). The van der Waals surface area contributed by atoms with Crippen LogP contribution in [-0.4, -0.2) is 47.9 Å². The van der Waals surface area contributed by atoms with Crippen molar-refractivity contribution < 1.29 is 31.1 Å². The highest BCUT2D eigenvalue weighted by atomic mass is 32.2. The Labute approximate surface area is 251 Å². The Kier molecular flexibility index (Phi) is 8.30. The molecule has 226 valence electrons. The SMILES string of the molecule is O=C(NNc1ccc(NS(=O)(=O)c2cccc(-c3ccc(CCS(=O)(=O)O)cc3)c2)cc1)n1ncc2c([N+](=O)[O-])cccc21. The van der Waals surface area contributed by atoms with Crippen LogP contribution in [0.15, 0.2) is 102 Å². The summed E-state index contributed by atoms with van der Waals surface area (Å²) in [7, 11) is -8.04. The summed E-state index contributed by atoms with van der Waals surface area (Å²) < 4.78 is 60.6. The van der Waals surface area contributed by atoms with E-state index in [0.717, 1.165) is 10.2 Å². The molecule has 16 heteroatoms. The van der Waals surface area contributed by atoms with Crippen molar-refractivity contribution in [3.8, 4) is 11.1 Å². The molecule has 1 amide bonds. The number of hydrazine groups is 1. The van der Waals surface area contributed by atoms with Crippen LogP contribution in [0.25, 0.3) is 22.0 Å². The van der Waals surface area contributed by atoms with E-state index in [0.29, 0.717) is 16.8 Å². The lowest BCUT2D eigenvalue weighted by atomic mass is 10.0. The molecule has 0 aliphatic heterocycles. The maximum absolute atomic E-state index is 13.1.